The molecule has 0 spiro atoms. The molecule has 1 fully saturated rings. The molecule has 6 nitrogen and oxygen atoms in total. The summed E-state index contributed by atoms with van der Waals surface area (Å²) in [5.74, 6) is -0.102. The smallest absolute Gasteiger partial charge is 0.340 e. The van der Waals surface area contributed by atoms with Gasteiger partial charge in [0.1, 0.15) is 6.04 Å². The number of alkyl halides is 3. The van der Waals surface area contributed by atoms with Crippen LogP contribution in [0.15, 0.2) is 47.4 Å². The molecule has 1 atom stereocenters. The van der Waals surface area contributed by atoms with Crippen molar-refractivity contribution in [1.29, 1.82) is 0 Å². The fraction of sp³-hybridized carbons (Fsp3) is 0.316. The number of fused-ring (bicyclic) bond motifs is 1. The fourth-order valence-electron chi connectivity index (χ4n) is 3.53. The van der Waals surface area contributed by atoms with Crippen LogP contribution in [0.3, 0.4) is 0 Å². The zero-order chi connectivity index (χ0) is 21.7. The summed E-state index contributed by atoms with van der Waals surface area (Å²) in [6.07, 6.45) is -4.53. The van der Waals surface area contributed by atoms with Crippen molar-refractivity contribution < 1.29 is 21.6 Å². The van der Waals surface area contributed by atoms with Crippen LogP contribution >= 0.6 is 11.6 Å². The first-order valence-electron chi connectivity index (χ1n) is 9.14. The molecule has 11 heteroatoms. The van der Waals surface area contributed by atoms with Gasteiger partial charge in [0.25, 0.3) is 10.0 Å². The van der Waals surface area contributed by atoms with Crippen LogP contribution in [0.4, 0.5) is 19.0 Å². The third-order valence-corrected chi connectivity index (χ3v) is 6.96. The zero-order valence-electron chi connectivity index (χ0n) is 15.8. The van der Waals surface area contributed by atoms with E-state index in [1.54, 1.807) is 12.1 Å². The van der Waals surface area contributed by atoms with Crippen LogP contribution in [0.5, 0.6) is 0 Å². The Balaban J connectivity index is 1.94. The largest absolute Gasteiger partial charge is 0.410 e. The summed E-state index contributed by atoms with van der Waals surface area (Å²) < 4.78 is 68.2. The van der Waals surface area contributed by atoms with Crippen LogP contribution < -0.4 is 10.2 Å². The first-order chi connectivity index (χ1) is 14.1. The summed E-state index contributed by atoms with van der Waals surface area (Å²) in [4.78, 5) is 1.06. The second-order valence-electron chi connectivity index (χ2n) is 7.07. The SMILES string of the molecule is Cc1ccc(S(=O)(=O)n2nc(N3CCNCC3C(F)(F)F)c3c(Cl)cccc32)cc1. The molecular formula is C19H18ClF3N4O2S. The monoisotopic (exact) mass is 458 g/mol. The molecule has 0 saturated carbocycles. The molecule has 0 amide bonds. The van der Waals surface area contributed by atoms with E-state index >= 15 is 0 Å². The van der Waals surface area contributed by atoms with Crippen LogP contribution in [-0.4, -0.2) is 49.5 Å². The lowest BCUT2D eigenvalue weighted by Gasteiger charge is -2.37. The number of aromatic nitrogens is 2. The normalized spacial score (nSPS) is 18.2. The van der Waals surface area contributed by atoms with Crippen LogP contribution in [0, 0.1) is 6.92 Å². The van der Waals surface area contributed by atoms with Crippen molar-refractivity contribution in [2.45, 2.75) is 24.0 Å². The summed E-state index contributed by atoms with van der Waals surface area (Å²) in [6.45, 7) is 1.80. The predicted molar refractivity (Wildman–Crippen MR) is 109 cm³/mol. The number of aryl methyl sites for hydroxylation is 1. The Morgan fingerprint density at radius 1 is 1.17 bits per heavy atom. The van der Waals surface area contributed by atoms with Gasteiger partial charge in [-0.3, -0.25) is 0 Å². The Labute approximate surface area is 176 Å². The average Bonchev–Trinajstić information content (AvgIpc) is 3.09. The highest BCUT2D eigenvalue weighted by molar-refractivity contribution is 7.90. The van der Waals surface area contributed by atoms with E-state index < -0.39 is 22.2 Å². The Morgan fingerprint density at radius 2 is 1.87 bits per heavy atom. The van der Waals surface area contributed by atoms with Gasteiger partial charge < -0.3 is 10.2 Å². The minimum atomic E-state index is -4.53. The van der Waals surface area contributed by atoms with Crippen molar-refractivity contribution in [3.05, 3.63) is 53.1 Å². The Kier molecular flexibility index (Phi) is 5.19. The van der Waals surface area contributed by atoms with Gasteiger partial charge in [0.05, 0.1) is 20.8 Å². The maximum atomic E-state index is 13.7. The molecule has 1 aromatic heterocycles. The third kappa shape index (κ3) is 3.52. The number of nitrogens with one attached hydrogen (secondary N) is 1. The number of hydrogen-bond donors (Lipinski definition) is 1. The maximum Gasteiger partial charge on any atom is 0.410 e. The standard InChI is InChI=1S/C19H18ClF3N4O2S/c1-12-5-7-13(8-6-12)30(28,29)27-15-4-2-3-14(20)17(15)18(25-27)26-10-9-24-11-16(26)19(21,22)23/h2-8,16,24H,9-11H2,1H3. The van der Waals surface area contributed by atoms with E-state index in [1.165, 1.54) is 30.3 Å². The molecule has 1 saturated heterocycles. The molecule has 3 aromatic rings. The number of piperazine rings is 1. The number of hydrogen-bond acceptors (Lipinski definition) is 5. The molecule has 160 valence electrons. The van der Waals surface area contributed by atoms with E-state index in [9.17, 15) is 21.6 Å². The lowest BCUT2D eigenvalue weighted by Crippen LogP contribution is -2.58. The maximum absolute atomic E-state index is 13.7. The fourth-order valence-corrected chi connectivity index (χ4v) is 5.06. The van der Waals surface area contributed by atoms with E-state index in [0.29, 0.717) is 6.54 Å². The minimum Gasteiger partial charge on any atom is -0.340 e. The number of benzene rings is 2. The third-order valence-electron chi connectivity index (χ3n) is 5.05. The van der Waals surface area contributed by atoms with Gasteiger partial charge >= 0.3 is 6.18 Å². The molecule has 1 N–H and O–H groups in total. The molecular weight excluding hydrogens is 441 g/mol. The number of halogens is 4. The summed E-state index contributed by atoms with van der Waals surface area (Å²) >= 11 is 6.30. The molecule has 2 heterocycles. The van der Waals surface area contributed by atoms with Crippen molar-refractivity contribution in [3.63, 3.8) is 0 Å². The number of rotatable bonds is 3. The van der Waals surface area contributed by atoms with Gasteiger partial charge in [-0.1, -0.05) is 35.4 Å². The lowest BCUT2D eigenvalue weighted by molar-refractivity contribution is -0.149. The van der Waals surface area contributed by atoms with Crippen LogP contribution in [0.1, 0.15) is 5.56 Å². The summed E-state index contributed by atoms with van der Waals surface area (Å²) in [5.41, 5.74) is 0.995. The molecule has 2 aromatic carbocycles. The lowest BCUT2D eigenvalue weighted by atomic mass is 10.1. The van der Waals surface area contributed by atoms with E-state index in [0.717, 1.165) is 14.6 Å². The second-order valence-corrected chi connectivity index (χ2v) is 9.25. The highest BCUT2D eigenvalue weighted by Crippen LogP contribution is 2.38. The molecule has 0 bridgehead atoms. The van der Waals surface area contributed by atoms with E-state index in [4.69, 9.17) is 11.6 Å². The van der Waals surface area contributed by atoms with Gasteiger partial charge in [0, 0.05) is 19.6 Å². The quantitative estimate of drug-likeness (QED) is 0.650. The van der Waals surface area contributed by atoms with Crippen molar-refractivity contribution >= 4 is 38.3 Å². The van der Waals surface area contributed by atoms with Gasteiger partial charge in [-0.15, -0.1) is 5.10 Å². The molecule has 4 rings (SSSR count). The van der Waals surface area contributed by atoms with E-state index in [2.05, 4.69) is 10.4 Å². The Morgan fingerprint density at radius 3 is 2.53 bits per heavy atom. The van der Waals surface area contributed by atoms with Crippen molar-refractivity contribution in [2.24, 2.45) is 0 Å². The van der Waals surface area contributed by atoms with Crippen LogP contribution in [0.25, 0.3) is 10.9 Å². The molecule has 0 aliphatic carbocycles. The highest BCUT2D eigenvalue weighted by atomic mass is 35.5. The predicted octanol–water partition coefficient (Wildman–Crippen LogP) is 3.58. The van der Waals surface area contributed by atoms with Gasteiger partial charge in [-0.2, -0.15) is 25.7 Å². The molecule has 1 aliphatic heterocycles. The zero-order valence-corrected chi connectivity index (χ0v) is 17.4. The summed E-state index contributed by atoms with van der Waals surface area (Å²) in [6, 6.07) is 8.83. The van der Waals surface area contributed by atoms with Gasteiger partial charge in [-0.05, 0) is 31.2 Å². The van der Waals surface area contributed by atoms with E-state index in [-0.39, 0.29) is 39.7 Å². The van der Waals surface area contributed by atoms with Crippen LogP contribution in [-0.2, 0) is 10.0 Å². The Bertz CT molecular complexity index is 1190. The average molecular weight is 459 g/mol. The van der Waals surface area contributed by atoms with Gasteiger partial charge in [0.15, 0.2) is 5.82 Å². The first kappa shape index (κ1) is 21.0. The van der Waals surface area contributed by atoms with Crippen molar-refractivity contribution in [2.75, 3.05) is 24.5 Å². The molecule has 1 aliphatic rings. The van der Waals surface area contributed by atoms with Crippen molar-refractivity contribution in [3.8, 4) is 0 Å². The number of anilines is 1. The molecule has 0 radical (unpaired) electrons. The molecule has 1 unspecified atom stereocenters. The Hall–Kier alpha value is -2.30. The molecule has 30 heavy (non-hydrogen) atoms. The van der Waals surface area contributed by atoms with Crippen molar-refractivity contribution in [1.82, 2.24) is 14.5 Å². The summed E-state index contributed by atoms with van der Waals surface area (Å²) in [5, 5.41) is 7.18. The van der Waals surface area contributed by atoms with E-state index in [1.807, 2.05) is 6.92 Å². The topological polar surface area (TPSA) is 67.2 Å². The van der Waals surface area contributed by atoms with Gasteiger partial charge in [-0.25, -0.2) is 0 Å². The first-order valence-corrected chi connectivity index (χ1v) is 11.0. The highest BCUT2D eigenvalue weighted by Gasteiger charge is 2.46. The van der Waals surface area contributed by atoms with Gasteiger partial charge in [0.2, 0.25) is 0 Å². The number of nitrogens with zero attached hydrogens (tertiary/aromatic N) is 3. The van der Waals surface area contributed by atoms with Crippen LogP contribution in [0.2, 0.25) is 5.02 Å². The second kappa shape index (κ2) is 7.44. The summed E-state index contributed by atoms with van der Waals surface area (Å²) in [7, 11) is -4.15. The minimum absolute atomic E-state index is 0.00604.